The predicted molar refractivity (Wildman–Crippen MR) is 133 cm³/mol. The van der Waals surface area contributed by atoms with Gasteiger partial charge in [-0.1, -0.05) is 22.9 Å². The van der Waals surface area contributed by atoms with E-state index in [1.807, 2.05) is 6.92 Å². The molecule has 0 saturated heterocycles. The molecule has 1 amide bonds. The summed E-state index contributed by atoms with van der Waals surface area (Å²) >= 11 is 7.42. The molecule has 1 aliphatic rings. The first-order valence-corrected chi connectivity index (χ1v) is 12.8. The molecule has 3 heterocycles. The number of ether oxygens (including phenoxy) is 2. The van der Waals surface area contributed by atoms with E-state index in [9.17, 15) is 13.6 Å². The molecule has 8 nitrogen and oxygen atoms in total. The third kappa shape index (κ3) is 6.71. The van der Waals surface area contributed by atoms with Gasteiger partial charge >= 0.3 is 6.61 Å². The van der Waals surface area contributed by atoms with Crippen LogP contribution in [0.15, 0.2) is 24.5 Å². The zero-order valence-electron chi connectivity index (χ0n) is 19.8. The van der Waals surface area contributed by atoms with Crippen LogP contribution in [0.25, 0.3) is 11.1 Å². The zero-order chi connectivity index (χ0) is 25.7. The summed E-state index contributed by atoms with van der Waals surface area (Å²) in [4.78, 5) is 21.5. The largest absolute Gasteiger partial charge is 0.494 e. The Balaban J connectivity index is 1.40. The first kappa shape index (κ1) is 26.3. The summed E-state index contributed by atoms with van der Waals surface area (Å²) in [5, 5.41) is 12.6. The molecule has 12 heteroatoms. The van der Waals surface area contributed by atoms with Gasteiger partial charge in [0.2, 0.25) is 5.13 Å². The van der Waals surface area contributed by atoms with Crippen LogP contribution in [0.1, 0.15) is 53.2 Å². The molecule has 0 spiro atoms. The molecule has 3 aromatic rings. The number of aromatic nitrogens is 4. The number of nitrogens with one attached hydrogen (secondary N) is 1. The summed E-state index contributed by atoms with van der Waals surface area (Å²) in [5.74, 6) is 0.535. The van der Waals surface area contributed by atoms with Gasteiger partial charge in [0.1, 0.15) is 15.9 Å². The van der Waals surface area contributed by atoms with Crippen molar-refractivity contribution in [2.45, 2.75) is 58.2 Å². The molecule has 1 N–H and O–H groups in total. The van der Waals surface area contributed by atoms with Gasteiger partial charge in [0.05, 0.1) is 25.0 Å². The standard InChI is InChI=1S/C24H26ClF2N5O3S/c1-13-9-16(17-10-20(25)29-12-19(17)34-2)18(11-28-13)22(33)30-24-32-31-21(36-24)8-5-14-3-6-15(7-4-14)35-23(26)27/h9-12,14-15,23H,3-8H2,1-2H3,(H,30,32,33). The smallest absolute Gasteiger partial charge is 0.345 e. The summed E-state index contributed by atoms with van der Waals surface area (Å²) in [6.45, 7) is -0.881. The Kier molecular flexibility index (Phi) is 8.76. The first-order chi connectivity index (χ1) is 17.3. The second-order valence-electron chi connectivity index (χ2n) is 8.61. The molecule has 3 aromatic heterocycles. The van der Waals surface area contributed by atoms with E-state index in [1.54, 1.807) is 12.1 Å². The molecule has 1 saturated carbocycles. The van der Waals surface area contributed by atoms with Gasteiger partial charge in [-0.15, -0.1) is 10.2 Å². The number of pyridine rings is 2. The van der Waals surface area contributed by atoms with Gasteiger partial charge in [0, 0.05) is 29.4 Å². The van der Waals surface area contributed by atoms with Crippen LogP contribution < -0.4 is 10.1 Å². The van der Waals surface area contributed by atoms with Crippen molar-refractivity contribution in [3.05, 3.63) is 45.9 Å². The summed E-state index contributed by atoms with van der Waals surface area (Å²) in [6.07, 6.45) is 7.25. The lowest BCUT2D eigenvalue weighted by atomic mass is 9.84. The van der Waals surface area contributed by atoms with Gasteiger partial charge in [-0.2, -0.15) is 8.78 Å². The minimum absolute atomic E-state index is 0.274. The predicted octanol–water partition coefficient (Wildman–Crippen LogP) is 5.95. The Hall–Kier alpha value is -2.76. The molecule has 1 fully saturated rings. The van der Waals surface area contributed by atoms with Crippen LogP contribution in [-0.4, -0.2) is 45.9 Å². The Labute approximate surface area is 216 Å². The minimum Gasteiger partial charge on any atom is -0.494 e. The van der Waals surface area contributed by atoms with Gasteiger partial charge < -0.3 is 9.47 Å². The first-order valence-electron chi connectivity index (χ1n) is 11.6. The summed E-state index contributed by atoms with van der Waals surface area (Å²) < 4.78 is 34.8. The SMILES string of the molecule is COc1cnc(Cl)cc1-c1cc(C)ncc1C(=O)Nc1nnc(CCC2CCC(OC(F)F)CC2)s1. The van der Waals surface area contributed by atoms with Crippen LogP contribution in [0.2, 0.25) is 5.15 Å². The summed E-state index contributed by atoms with van der Waals surface area (Å²) in [6, 6.07) is 3.43. The number of alkyl halides is 2. The quantitative estimate of drug-likeness (QED) is 0.337. The van der Waals surface area contributed by atoms with Gasteiger partial charge in [-0.25, -0.2) is 4.98 Å². The number of nitrogens with zero attached hydrogens (tertiary/aromatic N) is 4. The monoisotopic (exact) mass is 537 g/mol. The molecule has 0 radical (unpaired) electrons. The Bertz CT molecular complexity index is 1200. The fourth-order valence-corrected chi connectivity index (χ4v) is 5.26. The number of halogens is 3. The highest BCUT2D eigenvalue weighted by Gasteiger charge is 2.24. The van der Waals surface area contributed by atoms with E-state index in [2.05, 4.69) is 30.2 Å². The minimum atomic E-state index is -2.71. The van der Waals surface area contributed by atoms with Crippen molar-refractivity contribution in [2.75, 3.05) is 12.4 Å². The maximum absolute atomic E-state index is 13.2. The highest BCUT2D eigenvalue weighted by Crippen LogP contribution is 2.35. The number of hydrogen-bond acceptors (Lipinski definition) is 8. The Morgan fingerprint density at radius 1 is 1.17 bits per heavy atom. The average molecular weight is 538 g/mol. The topological polar surface area (TPSA) is 99.1 Å². The van der Waals surface area contributed by atoms with E-state index in [0.29, 0.717) is 52.8 Å². The van der Waals surface area contributed by atoms with Gasteiger partial charge in [0.15, 0.2) is 0 Å². The number of amides is 1. The molecule has 36 heavy (non-hydrogen) atoms. The molecule has 192 valence electrons. The second-order valence-corrected chi connectivity index (χ2v) is 10.1. The number of methoxy groups -OCH3 is 1. The van der Waals surface area contributed by atoms with E-state index < -0.39 is 6.61 Å². The number of hydrogen-bond donors (Lipinski definition) is 1. The molecule has 0 aliphatic heterocycles. The number of anilines is 1. The van der Waals surface area contributed by atoms with Crippen molar-refractivity contribution >= 4 is 34.0 Å². The maximum atomic E-state index is 13.2. The Morgan fingerprint density at radius 3 is 2.67 bits per heavy atom. The number of rotatable bonds is 9. The highest BCUT2D eigenvalue weighted by molar-refractivity contribution is 7.15. The van der Waals surface area contributed by atoms with Crippen LogP contribution in [0, 0.1) is 12.8 Å². The molecule has 0 aromatic carbocycles. The van der Waals surface area contributed by atoms with Crippen molar-refractivity contribution in [1.82, 2.24) is 20.2 Å². The van der Waals surface area contributed by atoms with Gasteiger partial charge in [-0.05, 0) is 57.1 Å². The van der Waals surface area contributed by atoms with Gasteiger partial charge in [0.25, 0.3) is 5.91 Å². The molecule has 4 rings (SSSR count). The molecular formula is C24H26ClF2N5O3S. The summed E-state index contributed by atoms with van der Waals surface area (Å²) in [7, 11) is 1.52. The van der Waals surface area contributed by atoms with Gasteiger partial charge in [-0.3, -0.25) is 15.1 Å². The van der Waals surface area contributed by atoms with E-state index in [0.717, 1.165) is 30.0 Å². The fourth-order valence-electron chi connectivity index (χ4n) is 4.35. The third-order valence-electron chi connectivity index (χ3n) is 6.17. The van der Waals surface area contributed by atoms with Crippen molar-refractivity contribution < 1.29 is 23.0 Å². The lowest BCUT2D eigenvalue weighted by molar-refractivity contribution is -0.171. The van der Waals surface area contributed by atoms with Crippen molar-refractivity contribution in [2.24, 2.45) is 5.92 Å². The Morgan fingerprint density at radius 2 is 1.94 bits per heavy atom. The number of carbonyl (C=O) groups is 1. The normalized spacial score (nSPS) is 17.8. The molecule has 0 unspecified atom stereocenters. The van der Waals surface area contributed by atoms with E-state index in [-0.39, 0.29) is 17.2 Å². The van der Waals surface area contributed by atoms with Crippen LogP contribution in [-0.2, 0) is 11.2 Å². The van der Waals surface area contributed by atoms with Crippen LogP contribution >= 0.6 is 22.9 Å². The van der Waals surface area contributed by atoms with Crippen LogP contribution in [0.4, 0.5) is 13.9 Å². The number of carbonyl (C=O) groups excluding carboxylic acids is 1. The fraction of sp³-hybridized carbons (Fsp3) is 0.458. The maximum Gasteiger partial charge on any atom is 0.345 e. The molecule has 0 bridgehead atoms. The highest BCUT2D eigenvalue weighted by atomic mass is 35.5. The van der Waals surface area contributed by atoms with Crippen molar-refractivity contribution in [3.8, 4) is 16.9 Å². The van der Waals surface area contributed by atoms with E-state index in [1.165, 1.54) is 30.8 Å². The lowest BCUT2D eigenvalue weighted by Gasteiger charge is -2.27. The zero-order valence-corrected chi connectivity index (χ0v) is 21.4. The molecule has 0 atom stereocenters. The van der Waals surface area contributed by atoms with Crippen molar-refractivity contribution in [3.63, 3.8) is 0 Å². The van der Waals surface area contributed by atoms with Crippen LogP contribution in [0.3, 0.4) is 0 Å². The third-order valence-corrected chi connectivity index (χ3v) is 7.28. The second kappa shape index (κ2) is 12.0. The van der Waals surface area contributed by atoms with E-state index >= 15 is 0 Å². The number of aryl methyl sites for hydroxylation is 2. The average Bonchev–Trinajstić information content (AvgIpc) is 3.30. The lowest BCUT2D eigenvalue weighted by Crippen LogP contribution is -2.23. The van der Waals surface area contributed by atoms with E-state index in [4.69, 9.17) is 16.3 Å². The van der Waals surface area contributed by atoms with Crippen molar-refractivity contribution in [1.29, 1.82) is 0 Å². The van der Waals surface area contributed by atoms with Crippen LogP contribution in [0.5, 0.6) is 5.75 Å². The molecule has 1 aliphatic carbocycles. The summed E-state index contributed by atoms with van der Waals surface area (Å²) in [5.41, 5.74) is 2.29. The molecular weight excluding hydrogens is 512 g/mol.